The Hall–Kier alpha value is 0.0516. The number of amides is 1. The molecule has 1 atom stereocenters. The zero-order chi connectivity index (χ0) is 13.4. The van der Waals surface area contributed by atoms with Crippen LogP contribution >= 0.6 is 0 Å². The summed E-state index contributed by atoms with van der Waals surface area (Å²) in [5.74, 6) is -0.532. The molecule has 0 saturated carbocycles. The van der Waals surface area contributed by atoms with E-state index >= 15 is 0 Å². The topological polar surface area (TPSA) is 92.9 Å². The average Bonchev–Trinajstić information content (AvgIpc) is 2.38. The van der Waals surface area contributed by atoms with Gasteiger partial charge in [-0.3, -0.25) is 4.79 Å². The molecule has 0 saturated heterocycles. The fraction of sp³-hybridized carbons (Fsp3) is 0.500. The van der Waals surface area contributed by atoms with Crippen molar-refractivity contribution < 1.29 is 48.9 Å². The van der Waals surface area contributed by atoms with Gasteiger partial charge in [-0.15, -0.1) is 0 Å². The standard InChI is InChI=1S/C14H22N3O.Ac/c15-11-5-4-9-14(17,13(16)18)10-8-12-6-2-1-3-7-12;/h1-3,6-7,17H,4-5,8-11,15H2,(H2,16,18);/q-1;. The first-order chi connectivity index (χ1) is 8.58. The summed E-state index contributed by atoms with van der Waals surface area (Å²) in [6.07, 6.45) is 3.27. The molecule has 1 unspecified atom stereocenters. The summed E-state index contributed by atoms with van der Waals surface area (Å²) >= 11 is 0. The first-order valence-electron chi connectivity index (χ1n) is 6.37. The summed E-state index contributed by atoms with van der Waals surface area (Å²) in [6.45, 7) is 0.591. The summed E-state index contributed by atoms with van der Waals surface area (Å²) in [7, 11) is 0. The fourth-order valence-corrected chi connectivity index (χ4v) is 1.94. The van der Waals surface area contributed by atoms with Crippen molar-refractivity contribution in [3.63, 3.8) is 0 Å². The minimum atomic E-state index is -1.16. The maximum Gasteiger partial charge on any atom is 0.202 e. The Balaban J connectivity index is 0.00000324. The second-order valence-corrected chi connectivity index (χ2v) is 4.68. The molecule has 0 aliphatic carbocycles. The summed E-state index contributed by atoms with van der Waals surface area (Å²) in [6, 6.07) is 9.87. The SMILES string of the molecule is [Ac].[NH-]C(CCCCN)(CCc1ccccc1)C(N)=O. The van der Waals surface area contributed by atoms with Crippen molar-refractivity contribution in [2.45, 2.75) is 37.6 Å². The van der Waals surface area contributed by atoms with Gasteiger partial charge in [-0.25, -0.2) is 0 Å². The van der Waals surface area contributed by atoms with Gasteiger partial charge in [-0.2, -0.15) is 0 Å². The van der Waals surface area contributed by atoms with Crippen LogP contribution in [0.5, 0.6) is 0 Å². The van der Waals surface area contributed by atoms with Crippen LogP contribution in [0.3, 0.4) is 0 Å². The quantitative estimate of drug-likeness (QED) is 0.564. The van der Waals surface area contributed by atoms with Crippen molar-refractivity contribution in [3.05, 3.63) is 41.6 Å². The Labute approximate surface area is 151 Å². The number of carbonyl (C=O) groups is 1. The van der Waals surface area contributed by atoms with E-state index in [0.717, 1.165) is 18.4 Å². The van der Waals surface area contributed by atoms with E-state index < -0.39 is 11.4 Å². The summed E-state index contributed by atoms with van der Waals surface area (Å²) in [5.41, 5.74) is 18.9. The second kappa shape index (κ2) is 9.88. The molecular weight excluding hydrogens is 453 g/mol. The molecule has 4 nitrogen and oxygen atoms in total. The number of benzene rings is 1. The van der Waals surface area contributed by atoms with Gasteiger partial charge in [-0.1, -0.05) is 49.6 Å². The van der Waals surface area contributed by atoms with Gasteiger partial charge < -0.3 is 17.2 Å². The molecule has 1 radical (unpaired) electrons. The number of unbranched alkanes of at least 4 members (excludes halogenated alkanes) is 1. The van der Waals surface area contributed by atoms with E-state index in [1.165, 1.54) is 0 Å². The van der Waals surface area contributed by atoms with Crippen LogP contribution in [0, 0.1) is 44.1 Å². The number of hydrogen-bond acceptors (Lipinski definition) is 2. The molecular formula is C14H22AcN3O-. The van der Waals surface area contributed by atoms with Gasteiger partial charge in [-0.05, 0) is 30.5 Å². The Kier molecular flexibility index (Phi) is 9.90. The molecule has 5 N–H and O–H groups in total. The molecule has 0 fully saturated rings. The molecule has 0 aliphatic heterocycles. The maximum atomic E-state index is 11.4. The number of nitrogens with one attached hydrogen (secondary N) is 1. The number of carbonyl (C=O) groups excluding carboxylic acids is 1. The maximum absolute atomic E-state index is 11.4. The van der Waals surface area contributed by atoms with Crippen LogP contribution in [0.2, 0.25) is 0 Å². The van der Waals surface area contributed by atoms with Gasteiger partial charge in [0.05, 0.1) is 0 Å². The van der Waals surface area contributed by atoms with Crippen LogP contribution in [-0.4, -0.2) is 18.0 Å². The van der Waals surface area contributed by atoms with E-state index in [9.17, 15) is 4.79 Å². The van der Waals surface area contributed by atoms with Crippen molar-refractivity contribution in [1.82, 2.24) is 0 Å². The van der Waals surface area contributed by atoms with Crippen LogP contribution in [0.4, 0.5) is 0 Å². The Bertz CT molecular complexity index is 372. The van der Waals surface area contributed by atoms with Crippen LogP contribution < -0.4 is 11.5 Å². The third-order valence-corrected chi connectivity index (χ3v) is 3.21. The number of primary amides is 1. The smallest absolute Gasteiger partial charge is 0.202 e. The number of nitrogens with two attached hydrogens (primary N) is 2. The van der Waals surface area contributed by atoms with Gasteiger partial charge in [0.15, 0.2) is 0 Å². The zero-order valence-electron chi connectivity index (χ0n) is 11.3. The van der Waals surface area contributed by atoms with Crippen LogP contribution in [-0.2, 0) is 11.2 Å². The van der Waals surface area contributed by atoms with Gasteiger partial charge in [0, 0.05) is 44.1 Å². The molecule has 1 aromatic rings. The molecule has 103 valence electrons. The van der Waals surface area contributed by atoms with E-state index in [0.29, 0.717) is 25.8 Å². The van der Waals surface area contributed by atoms with Gasteiger partial charge in [0.25, 0.3) is 0 Å². The predicted molar refractivity (Wildman–Crippen MR) is 73.9 cm³/mol. The predicted octanol–water partition coefficient (Wildman–Crippen LogP) is 2.02. The molecule has 1 amide bonds. The first-order valence-corrected chi connectivity index (χ1v) is 6.37. The second-order valence-electron chi connectivity index (χ2n) is 4.68. The molecule has 19 heavy (non-hydrogen) atoms. The summed E-state index contributed by atoms with van der Waals surface area (Å²) in [5, 5.41) is 0. The van der Waals surface area contributed by atoms with E-state index in [2.05, 4.69) is 0 Å². The molecule has 0 aromatic heterocycles. The van der Waals surface area contributed by atoms with Crippen molar-refractivity contribution in [2.24, 2.45) is 11.5 Å². The molecule has 0 heterocycles. The molecule has 0 spiro atoms. The molecule has 1 aromatic carbocycles. The molecule has 5 heteroatoms. The molecule has 1 rings (SSSR count). The molecule has 0 bridgehead atoms. The van der Waals surface area contributed by atoms with Crippen LogP contribution in [0.15, 0.2) is 30.3 Å². The Morgan fingerprint density at radius 1 is 1.16 bits per heavy atom. The minimum absolute atomic E-state index is 0. The average molecular weight is 475 g/mol. The fourth-order valence-electron chi connectivity index (χ4n) is 1.94. The van der Waals surface area contributed by atoms with Crippen molar-refractivity contribution >= 4 is 5.91 Å². The first kappa shape index (κ1) is 19.1. The van der Waals surface area contributed by atoms with E-state index in [1.807, 2.05) is 30.3 Å². The van der Waals surface area contributed by atoms with Crippen LogP contribution in [0.25, 0.3) is 5.73 Å². The number of rotatable bonds is 8. The Morgan fingerprint density at radius 2 is 1.79 bits per heavy atom. The van der Waals surface area contributed by atoms with E-state index in [1.54, 1.807) is 0 Å². The number of aryl methyl sites for hydroxylation is 1. The van der Waals surface area contributed by atoms with Gasteiger partial charge in [0.1, 0.15) is 0 Å². The van der Waals surface area contributed by atoms with E-state index in [-0.39, 0.29) is 44.1 Å². The van der Waals surface area contributed by atoms with Crippen molar-refractivity contribution in [2.75, 3.05) is 6.54 Å². The number of hydrogen-bond donors (Lipinski definition) is 2. The summed E-state index contributed by atoms with van der Waals surface area (Å²) < 4.78 is 0. The van der Waals surface area contributed by atoms with Gasteiger partial charge in [0.2, 0.25) is 5.91 Å². The zero-order valence-corrected chi connectivity index (χ0v) is 16.0. The monoisotopic (exact) mass is 475 g/mol. The van der Waals surface area contributed by atoms with Crippen molar-refractivity contribution in [1.29, 1.82) is 0 Å². The third-order valence-electron chi connectivity index (χ3n) is 3.21. The summed E-state index contributed by atoms with van der Waals surface area (Å²) in [4.78, 5) is 11.4. The van der Waals surface area contributed by atoms with Crippen LogP contribution in [0.1, 0.15) is 31.2 Å². The van der Waals surface area contributed by atoms with Crippen molar-refractivity contribution in [3.8, 4) is 0 Å². The Morgan fingerprint density at radius 3 is 2.32 bits per heavy atom. The minimum Gasteiger partial charge on any atom is -0.664 e. The third kappa shape index (κ3) is 6.85. The normalized spacial score (nSPS) is 13.4. The van der Waals surface area contributed by atoms with E-state index in [4.69, 9.17) is 17.2 Å². The molecule has 0 aliphatic rings. The largest absolute Gasteiger partial charge is 0.664 e. The van der Waals surface area contributed by atoms with Gasteiger partial charge >= 0.3 is 0 Å².